The Bertz CT molecular complexity index is 1150. The van der Waals surface area contributed by atoms with Crippen LogP contribution in [0.3, 0.4) is 0 Å². The zero-order valence-corrected chi connectivity index (χ0v) is 29.7. The molecule has 0 unspecified atom stereocenters. The van der Waals surface area contributed by atoms with Gasteiger partial charge in [-0.25, -0.2) is 4.79 Å². The monoisotopic (exact) mass is 664 g/mol. The van der Waals surface area contributed by atoms with Crippen LogP contribution in [0.4, 0.5) is 0 Å². The van der Waals surface area contributed by atoms with Crippen molar-refractivity contribution in [3.05, 3.63) is 12.2 Å². The number of rotatable bonds is 17. The minimum Gasteiger partial charge on any atom is -0.478 e. The van der Waals surface area contributed by atoms with Gasteiger partial charge in [0.25, 0.3) is 10.1 Å². The van der Waals surface area contributed by atoms with E-state index in [1.807, 2.05) is 13.8 Å². The molecule has 2 atom stereocenters. The van der Waals surface area contributed by atoms with Crippen molar-refractivity contribution in [3.8, 4) is 0 Å². The van der Waals surface area contributed by atoms with Gasteiger partial charge in [0.15, 0.2) is 8.32 Å². The number of aliphatic carboxylic acids is 1. The maximum atomic E-state index is 13.0. The zero-order chi connectivity index (χ0) is 34.1. The molecule has 44 heavy (non-hydrogen) atoms. The van der Waals surface area contributed by atoms with Crippen molar-refractivity contribution in [1.29, 1.82) is 0 Å². The van der Waals surface area contributed by atoms with E-state index in [4.69, 9.17) is 23.2 Å². The van der Waals surface area contributed by atoms with Crippen molar-refractivity contribution in [3.63, 3.8) is 0 Å². The molecular weight excluding hydrogens is 612 g/mol. The third kappa shape index (κ3) is 14.6. The minimum absolute atomic E-state index is 0.0192. The molecule has 0 bridgehead atoms. The number of carboxylic acids is 1. The second-order valence-electron chi connectivity index (χ2n) is 14.3. The Balaban J connectivity index is 2.71. The summed E-state index contributed by atoms with van der Waals surface area (Å²) in [6.07, 6.45) is 2.10. The first kappa shape index (κ1) is 39.7. The van der Waals surface area contributed by atoms with Crippen LogP contribution in [0.15, 0.2) is 12.2 Å². The summed E-state index contributed by atoms with van der Waals surface area (Å²) in [5.41, 5.74) is -1.23. The molecule has 1 rings (SSSR count). The van der Waals surface area contributed by atoms with Crippen LogP contribution in [0.5, 0.6) is 0 Å². The number of nitrogens with zero attached hydrogens (tertiary/aromatic N) is 1. The molecule has 0 aromatic heterocycles. The van der Waals surface area contributed by atoms with Crippen molar-refractivity contribution in [2.24, 2.45) is 5.41 Å². The van der Waals surface area contributed by atoms with E-state index in [0.29, 0.717) is 19.1 Å². The fraction of sp³-hybridized carbons (Fsp3) is 0.793. The summed E-state index contributed by atoms with van der Waals surface area (Å²) in [4.78, 5) is 49.5. The first-order chi connectivity index (χ1) is 19.8. The Morgan fingerprint density at radius 3 is 2.20 bits per heavy atom. The van der Waals surface area contributed by atoms with Gasteiger partial charge in [0, 0.05) is 18.8 Å². The van der Waals surface area contributed by atoms with Gasteiger partial charge in [-0.2, -0.15) is 8.42 Å². The summed E-state index contributed by atoms with van der Waals surface area (Å²) in [7, 11) is -5.83. The Kier molecular flexibility index (Phi) is 14.2. The predicted octanol–water partition coefficient (Wildman–Crippen LogP) is 2.86. The van der Waals surface area contributed by atoms with Crippen LogP contribution < -0.4 is 5.32 Å². The quantitative estimate of drug-likeness (QED) is 0.0769. The molecule has 13 nitrogen and oxygen atoms in total. The molecular formula is C29H52N2O11SSi. The van der Waals surface area contributed by atoms with Crippen molar-refractivity contribution in [1.82, 2.24) is 10.2 Å². The number of hydrogen-bond acceptors (Lipinski definition) is 10. The van der Waals surface area contributed by atoms with Crippen molar-refractivity contribution in [2.75, 3.05) is 38.7 Å². The van der Waals surface area contributed by atoms with Gasteiger partial charge in [-0.1, -0.05) is 34.6 Å². The third-order valence-corrected chi connectivity index (χ3v) is 13.1. The van der Waals surface area contributed by atoms with Crippen LogP contribution in [0, 0.1) is 5.41 Å². The molecule has 0 saturated carbocycles. The van der Waals surface area contributed by atoms with Gasteiger partial charge in [-0.05, 0) is 57.2 Å². The normalized spacial score (nSPS) is 18.6. The molecule has 0 spiro atoms. The maximum Gasteiger partial charge on any atom is 0.328 e. The van der Waals surface area contributed by atoms with E-state index in [1.54, 1.807) is 20.8 Å². The van der Waals surface area contributed by atoms with Crippen LogP contribution in [0.2, 0.25) is 18.1 Å². The zero-order valence-electron chi connectivity index (χ0n) is 27.9. The second-order valence-corrected chi connectivity index (χ2v) is 20.9. The second kappa shape index (κ2) is 15.8. The number of ether oxygens (including phenoxy) is 2. The fourth-order valence-electron chi connectivity index (χ4n) is 3.81. The highest BCUT2D eigenvalue weighted by Gasteiger charge is 2.42. The van der Waals surface area contributed by atoms with E-state index < -0.39 is 77.6 Å². The van der Waals surface area contributed by atoms with Gasteiger partial charge in [-0.15, -0.1) is 0 Å². The number of carbonyl (C=O) groups is 4. The number of carbonyl (C=O) groups excluding carboxylic acids is 3. The highest BCUT2D eigenvalue weighted by Crippen LogP contribution is 2.37. The van der Waals surface area contributed by atoms with Crippen LogP contribution >= 0.6 is 0 Å². The number of nitrogens with one attached hydrogen (secondary N) is 1. The van der Waals surface area contributed by atoms with Gasteiger partial charge in [0.1, 0.15) is 18.2 Å². The SMILES string of the molecule is CC(C)(CCO[Si](C)(C)C(C)(C)C)COS(=O)(=O)CCOC[C@@H]1C[C@H](NC(=O)C=CC(=O)O)C(=O)N1CC(=O)OC(C)(C)C. The first-order valence-corrected chi connectivity index (χ1v) is 19.2. The topological polar surface area (TPSA) is 175 Å². The predicted molar refractivity (Wildman–Crippen MR) is 167 cm³/mol. The summed E-state index contributed by atoms with van der Waals surface area (Å²) in [5.74, 6) is -3.77. The molecule has 1 aliphatic rings. The lowest BCUT2D eigenvalue weighted by molar-refractivity contribution is -0.159. The molecule has 0 aliphatic carbocycles. The highest BCUT2D eigenvalue weighted by molar-refractivity contribution is 7.86. The largest absolute Gasteiger partial charge is 0.478 e. The Morgan fingerprint density at radius 2 is 1.66 bits per heavy atom. The van der Waals surface area contributed by atoms with Gasteiger partial charge in [0.2, 0.25) is 11.8 Å². The van der Waals surface area contributed by atoms with Crippen LogP contribution in [0.1, 0.15) is 68.2 Å². The lowest BCUT2D eigenvalue weighted by atomic mass is 9.91. The van der Waals surface area contributed by atoms with E-state index >= 15 is 0 Å². The summed E-state index contributed by atoms with van der Waals surface area (Å²) >= 11 is 0. The minimum atomic E-state index is -3.92. The van der Waals surface area contributed by atoms with Crippen molar-refractivity contribution < 1.29 is 50.8 Å². The molecule has 2 amide bonds. The maximum absolute atomic E-state index is 13.0. The molecule has 1 fully saturated rings. The van der Waals surface area contributed by atoms with Crippen molar-refractivity contribution >= 4 is 42.2 Å². The number of amides is 2. The number of carboxylic acid groups (broad SMARTS) is 1. The van der Waals surface area contributed by atoms with Crippen LogP contribution in [-0.4, -0.2) is 107 Å². The van der Waals surface area contributed by atoms with E-state index in [1.165, 1.54) is 4.90 Å². The number of likely N-dealkylation sites (tertiary alicyclic amines) is 1. The number of hydrogen-bond donors (Lipinski definition) is 2. The third-order valence-electron chi connectivity index (χ3n) is 7.41. The van der Waals surface area contributed by atoms with E-state index in [-0.39, 0.29) is 31.3 Å². The summed E-state index contributed by atoms with van der Waals surface area (Å²) in [6.45, 7) is 19.4. The molecule has 1 saturated heterocycles. The Hall–Kier alpha value is -2.33. The van der Waals surface area contributed by atoms with Gasteiger partial charge in [-0.3, -0.25) is 18.6 Å². The molecule has 0 aromatic rings. The molecule has 1 heterocycles. The summed E-state index contributed by atoms with van der Waals surface area (Å²) in [5, 5.41) is 11.2. The van der Waals surface area contributed by atoms with E-state index in [9.17, 15) is 27.6 Å². The average Bonchev–Trinajstić information content (AvgIpc) is 3.11. The summed E-state index contributed by atoms with van der Waals surface area (Å²) in [6, 6.07) is -1.71. The smallest absolute Gasteiger partial charge is 0.328 e. The molecule has 2 N–H and O–H groups in total. The number of esters is 1. The van der Waals surface area contributed by atoms with Gasteiger partial charge >= 0.3 is 11.9 Å². The average molecular weight is 665 g/mol. The Labute approximate surface area is 263 Å². The molecule has 0 aromatic carbocycles. The van der Waals surface area contributed by atoms with Gasteiger partial charge < -0.3 is 29.2 Å². The van der Waals surface area contributed by atoms with Gasteiger partial charge in [0.05, 0.1) is 31.6 Å². The first-order valence-electron chi connectivity index (χ1n) is 14.7. The lowest BCUT2D eigenvalue weighted by Crippen LogP contribution is -2.45. The molecule has 0 radical (unpaired) electrons. The molecule has 254 valence electrons. The van der Waals surface area contributed by atoms with E-state index in [0.717, 1.165) is 6.08 Å². The Morgan fingerprint density at radius 1 is 1.05 bits per heavy atom. The van der Waals surface area contributed by atoms with Crippen molar-refractivity contribution in [2.45, 2.75) is 104 Å². The van der Waals surface area contributed by atoms with E-state index in [2.05, 4.69) is 39.2 Å². The summed E-state index contributed by atoms with van der Waals surface area (Å²) < 4.78 is 47.5. The molecule has 1 aliphatic heterocycles. The molecule has 15 heteroatoms. The standard InChI is InChI=1S/C29H52N2O11SSi/c1-27(2,3)42-25(35)18-31-21(17-22(26(31)36)30-23(32)11-12-24(33)34)19-39-15-16-43(37,38)40-20-29(7,8)13-14-41-44(9,10)28(4,5)6/h11-12,21-22H,13-20H2,1-10H3,(H,30,32)(H,33,34)/t21-,22-/m0/s1. The van der Waals surface area contributed by atoms with Crippen LogP contribution in [-0.2, 0) is 47.4 Å². The lowest BCUT2D eigenvalue weighted by Gasteiger charge is -2.37. The fourth-order valence-corrected chi connectivity index (χ4v) is 5.79. The van der Waals surface area contributed by atoms with Crippen LogP contribution in [0.25, 0.3) is 0 Å². The highest BCUT2D eigenvalue weighted by atomic mass is 32.2.